The van der Waals surface area contributed by atoms with Gasteiger partial charge < -0.3 is 19.7 Å². The number of nitrogens with one attached hydrogen (secondary N) is 1. The number of aromatic nitrogens is 1. The summed E-state index contributed by atoms with van der Waals surface area (Å²) in [6, 6.07) is 7.71. The molecule has 6 nitrogen and oxygen atoms in total. The van der Waals surface area contributed by atoms with Crippen LogP contribution in [0.3, 0.4) is 0 Å². The highest BCUT2D eigenvalue weighted by molar-refractivity contribution is 5.98. The van der Waals surface area contributed by atoms with E-state index < -0.39 is 12.0 Å². The number of amides is 1. The number of carboxylic acids is 1. The number of para-hydroxylation sites is 1. The van der Waals surface area contributed by atoms with Gasteiger partial charge in [0.2, 0.25) is 0 Å². The van der Waals surface area contributed by atoms with Crippen LogP contribution in [0.15, 0.2) is 36.5 Å². The number of hydrogen-bond donors (Lipinski definition) is 2. The van der Waals surface area contributed by atoms with Crippen molar-refractivity contribution in [3.63, 3.8) is 0 Å². The molecule has 1 aromatic carbocycles. The molecule has 124 valence electrons. The minimum absolute atomic E-state index is 0.236. The van der Waals surface area contributed by atoms with Crippen LogP contribution in [0.1, 0.15) is 46.4 Å². The number of ether oxygens (including phenoxy) is 1. The Balaban J connectivity index is 1.74. The topological polar surface area (TPSA) is 82.6 Å². The first-order chi connectivity index (χ1) is 11.7. The Labute approximate surface area is 139 Å². The van der Waals surface area contributed by atoms with E-state index in [-0.39, 0.29) is 19.1 Å². The second kappa shape index (κ2) is 5.70. The number of hydrogen-bond acceptors (Lipinski definition) is 3. The van der Waals surface area contributed by atoms with Crippen molar-refractivity contribution in [2.75, 3.05) is 13.2 Å². The first kappa shape index (κ1) is 14.8. The van der Waals surface area contributed by atoms with E-state index in [1.54, 1.807) is 36.5 Å². The molecule has 0 radical (unpaired) electrons. The molecular weight excluding hydrogens is 308 g/mol. The summed E-state index contributed by atoms with van der Waals surface area (Å²) < 4.78 is 5.65. The summed E-state index contributed by atoms with van der Waals surface area (Å²) in [7, 11) is 0. The van der Waals surface area contributed by atoms with E-state index >= 15 is 0 Å². The molecule has 2 N–H and O–H groups in total. The van der Waals surface area contributed by atoms with E-state index in [9.17, 15) is 14.7 Å². The fourth-order valence-electron chi connectivity index (χ4n) is 3.31. The third kappa shape index (κ3) is 2.44. The van der Waals surface area contributed by atoms with Crippen LogP contribution in [0.2, 0.25) is 0 Å². The molecule has 2 aromatic rings. The lowest BCUT2D eigenvalue weighted by Gasteiger charge is -2.27. The molecular formula is C18H18N2O4. The molecule has 1 aromatic heterocycles. The lowest BCUT2D eigenvalue weighted by Crippen LogP contribution is -2.40. The number of H-pyrrole nitrogens is 1. The Morgan fingerprint density at radius 3 is 2.75 bits per heavy atom. The smallest absolute Gasteiger partial charge is 0.331 e. The molecule has 1 atom stereocenters. The summed E-state index contributed by atoms with van der Waals surface area (Å²) in [6.45, 7) is 0.509. The van der Waals surface area contributed by atoms with Crippen molar-refractivity contribution in [3.8, 4) is 5.75 Å². The van der Waals surface area contributed by atoms with Crippen LogP contribution in [0, 0.1) is 0 Å². The second-order valence-electron chi connectivity index (χ2n) is 6.20. The molecule has 1 aliphatic carbocycles. The number of fused-ring (bicyclic) bond motifs is 1. The van der Waals surface area contributed by atoms with E-state index in [0.29, 0.717) is 22.8 Å². The van der Waals surface area contributed by atoms with E-state index in [0.717, 1.165) is 18.5 Å². The molecule has 0 bridgehead atoms. The first-order valence-corrected chi connectivity index (χ1v) is 8.09. The Bertz CT molecular complexity index is 794. The largest absolute Gasteiger partial charge is 0.491 e. The van der Waals surface area contributed by atoms with Crippen molar-refractivity contribution in [2.24, 2.45) is 0 Å². The highest BCUT2D eigenvalue weighted by Gasteiger charge is 2.38. The zero-order valence-corrected chi connectivity index (χ0v) is 13.1. The average Bonchev–Trinajstić information content (AvgIpc) is 3.34. The zero-order chi connectivity index (χ0) is 16.7. The highest BCUT2D eigenvalue weighted by Crippen LogP contribution is 2.41. The fraction of sp³-hybridized carbons (Fsp3) is 0.333. The van der Waals surface area contributed by atoms with Crippen LogP contribution >= 0.6 is 0 Å². The maximum atomic E-state index is 13.1. The summed E-state index contributed by atoms with van der Waals surface area (Å²) in [4.78, 5) is 29.6. The van der Waals surface area contributed by atoms with Gasteiger partial charge in [0.05, 0.1) is 12.1 Å². The van der Waals surface area contributed by atoms with E-state index in [4.69, 9.17) is 4.74 Å². The molecule has 4 rings (SSSR count). The van der Waals surface area contributed by atoms with Gasteiger partial charge in [-0.15, -0.1) is 0 Å². The van der Waals surface area contributed by atoms with Gasteiger partial charge in [-0.1, -0.05) is 18.2 Å². The summed E-state index contributed by atoms with van der Waals surface area (Å²) in [5.41, 5.74) is 2.00. The van der Waals surface area contributed by atoms with E-state index in [1.807, 2.05) is 0 Å². The molecule has 2 aliphatic rings. The third-order valence-electron chi connectivity index (χ3n) is 4.60. The Hall–Kier alpha value is -2.76. The molecule has 24 heavy (non-hydrogen) atoms. The second-order valence-corrected chi connectivity index (χ2v) is 6.20. The van der Waals surface area contributed by atoms with Gasteiger partial charge in [0.15, 0.2) is 6.04 Å². The first-order valence-electron chi connectivity index (χ1n) is 8.09. The minimum atomic E-state index is -1.05. The number of rotatable bonds is 3. The van der Waals surface area contributed by atoms with Gasteiger partial charge in [-0.2, -0.15) is 0 Å². The lowest BCUT2D eigenvalue weighted by molar-refractivity contribution is -0.142. The van der Waals surface area contributed by atoms with Gasteiger partial charge in [-0.05, 0) is 30.9 Å². The van der Waals surface area contributed by atoms with Crippen LogP contribution in [0.4, 0.5) is 0 Å². The van der Waals surface area contributed by atoms with E-state index in [1.165, 1.54) is 4.90 Å². The van der Waals surface area contributed by atoms with Crippen LogP contribution in [0.25, 0.3) is 0 Å². The number of aliphatic carboxylic acids is 1. The summed E-state index contributed by atoms with van der Waals surface area (Å²) in [5.74, 6) is -0.398. The molecule has 0 spiro atoms. The number of carboxylic acid groups (broad SMARTS) is 1. The predicted octanol–water partition coefficient (Wildman–Crippen LogP) is 2.55. The predicted molar refractivity (Wildman–Crippen MR) is 86.1 cm³/mol. The molecule has 0 saturated heterocycles. The highest BCUT2D eigenvalue weighted by atomic mass is 16.5. The zero-order valence-electron chi connectivity index (χ0n) is 13.1. The Kier molecular flexibility index (Phi) is 3.52. The summed E-state index contributed by atoms with van der Waals surface area (Å²) in [6.07, 6.45) is 3.88. The van der Waals surface area contributed by atoms with Crippen molar-refractivity contribution in [1.82, 2.24) is 9.88 Å². The number of carbonyl (C=O) groups is 2. The molecule has 1 unspecified atom stereocenters. The summed E-state index contributed by atoms with van der Waals surface area (Å²) >= 11 is 0. The molecule has 6 heteroatoms. The van der Waals surface area contributed by atoms with Crippen LogP contribution in [-0.2, 0) is 4.79 Å². The van der Waals surface area contributed by atoms with Crippen molar-refractivity contribution >= 4 is 11.9 Å². The fourth-order valence-corrected chi connectivity index (χ4v) is 3.31. The monoisotopic (exact) mass is 326 g/mol. The molecule has 1 amide bonds. The van der Waals surface area contributed by atoms with Gasteiger partial charge in [0.1, 0.15) is 12.4 Å². The van der Waals surface area contributed by atoms with Gasteiger partial charge >= 0.3 is 5.97 Å². The average molecular weight is 326 g/mol. The van der Waals surface area contributed by atoms with Crippen LogP contribution in [0.5, 0.6) is 5.75 Å². The Morgan fingerprint density at radius 2 is 2.00 bits per heavy atom. The quantitative estimate of drug-likeness (QED) is 0.908. The maximum Gasteiger partial charge on any atom is 0.331 e. The Morgan fingerprint density at radius 1 is 1.21 bits per heavy atom. The standard InChI is InChI=1S/C18H18N2O4/c21-17(13-7-8-19-15(13)11-5-6-11)20-9-10-24-14-4-2-1-3-12(14)16(20)18(22)23/h1-4,7-8,11,16,19H,5-6,9-10H2,(H,22,23). The molecule has 1 aliphatic heterocycles. The minimum Gasteiger partial charge on any atom is -0.491 e. The number of benzene rings is 1. The molecule has 2 heterocycles. The SMILES string of the molecule is O=C(O)C1c2ccccc2OCCN1C(=O)c1cc[nH]c1C1CC1. The van der Waals surface area contributed by atoms with Crippen molar-refractivity contribution in [1.29, 1.82) is 0 Å². The summed E-state index contributed by atoms with van der Waals surface area (Å²) in [5, 5.41) is 9.76. The maximum absolute atomic E-state index is 13.1. The lowest BCUT2D eigenvalue weighted by atomic mass is 10.0. The van der Waals surface area contributed by atoms with Gasteiger partial charge in [0.25, 0.3) is 5.91 Å². The third-order valence-corrected chi connectivity index (χ3v) is 4.60. The normalized spacial score (nSPS) is 20.0. The van der Waals surface area contributed by atoms with Crippen molar-refractivity contribution < 1.29 is 19.4 Å². The van der Waals surface area contributed by atoms with Crippen molar-refractivity contribution in [3.05, 3.63) is 53.3 Å². The van der Waals surface area contributed by atoms with Crippen molar-refractivity contribution in [2.45, 2.75) is 24.8 Å². The van der Waals surface area contributed by atoms with Crippen LogP contribution < -0.4 is 4.74 Å². The number of carbonyl (C=O) groups excluding carboxylic acids is 1. The van der Waals surface area contributed by atoms with Crippen LogP contribution in [-0.4, -0.2) is 40.0 Å². The van der Waals surface area contributed by atoms with Gasteiger partial charge in [-0.3, -0.25) is 4.79 Å². The molecule has 1 saturated carbocycles. The number of nitrogens with zero attached hydrogens (tertiary/aromatic N) is 1. The molecule has 1 fully saturated rings. The number of aromatic amines is 1. The van der Waals surface area contributed by atoms with E-state index in [2.05, 4.69) is 4.98 Å². The van der Waals surface area contributed by atoms with Gasteiger partial charge in [-0.25, -0.2) is 4.79 Å². The van der Waals surface area contributed by atoms with Gasteiger partial charge in [0, 0.05) is 17.5 Å².